The first-order valence-corrected chi connectivity index (χ1v) is 8.50. The number of hydrogen-bond acceptors (Lipinski definition) is 3. The Morgan fingerprint density at radius 1 is 0.833 bits per heavy atom. The molecule has 0 atom stereocenters. The lowest BCUT2D eigenvalue weighted by atomic mass is 10.0. The van der Waals surface area contributed by atoms with Crippen molar-refractivity contribution in [2.45, 2.75) is 63.1 Å². The summed E-state index contributed by atoms with van der Waals surface area (Å²) in [7, 11) is -2.51. The molecule has 0 radical (unpaired) electrons. The average molecular weight is 319 g/mol. The fourth-order valence-corrected chi connectivity index (χ4v) is 2.49. The van der Waals surface area contributed by atoms with Gasteiger partial charge in [0.1, 0.15) is 0 Å². The predicted octanol–water partition coefficient (Wildman–Crippen LogP) is 5.00. The molecule has 0 unspecified atom stereocenters. The monoisotopic (exact) mass is 318 g/mol. The first-order chi connectivity index (χ1) is 8.34. The van der Waals surface area contributed by atoms with Crippen LogP contribution in [0.2, 0.25) is 0 Å². The molecule has 0 aromatic carbocycles. The van der Waals surface area contributed by atoms with E-state index in [1.807, 2.05) is 27.7 Å². The van der Waals surface area contributed by atoms with Gasteiger partial charge in [0.25, 0.3) is 0 Å². The molecule has 0 aliphatic heterocycles. The smallest absolute Gasteiger partial charge is 0.309 e. The molecule has 18 heavy (non-hydrogen) atoms. The Labute approximate surface area is 121 Å². The van der Waals surface area contributed by atoms with Gasteiger partial charge in [-0.1, -0.05) is 27.7 Å². The molecule has 0 saturated heterocycles. The van der Waals surface area contributed by atoms with Gasteiger partial charge in [0.2, 0.25) is 0 Å². The SMILES string of the molecule is CCC(Cl)(CC)CO[PH](=O)OCC(Cl)(CC)CC. The number of alkyl halides is 2. The highest BCUT2D eigenvalue weighted by Crippen LogP contribution is 2.34. The van der Waals surface area contributed by atoms with E-state index >= 15 is 0 Å². The minimum absolute atomic E-state index is 0.243. The molecule has 110 valence electrons. The number of halogens is 2. The van der Waals surface area contributed by atoms with Crippen molar-refractivity contribution in [2.24, 2.45) is 0 Å². The molecule has 0 spiro atoms. The van der Waals surface area contributed by atoms with Crippen LogP contribution in [0.3, 0.4) is 0 Å². The van der Waals surface area contributed by atoms with Gasteiger partial charge in [-0.25, -0.2) is 0 Å². The van der Waals surface area contributed by atoms with E-state index in [2.05, 4.69) is 0 Å². The maximum atomic E-state index is 11.6. The quantitative estimate of drug-likeness (QED) is 0.420. The van der Waals surface area contributed by atoms with Crippen molar-refractivity contribution >= 4 is 31.5 Å². The highest BCUT2D eigenvalue weighted by molar-refractivity contribution is 7.33. The molecule has 0 saturated carbocycles. The summed E-state index contributed by atoms with van der Waals surface area (Å²) < 4.78 is 22.0. The van der Waals surface area contributed by atoms with Crippen LogP contribution in [0.5, 0.6) is 0 Å². The third-order valence-electron chi connectivity index (χ3n) is 3.43. The minimum atomic E-state index is -2.51. The Morgan fingerprint density at radius 3 is 1.33 bits per heavy atom. The van der Waals surface area contributed by atoms with Gasteiger partial charge in [-0.15, -0.1) is 23.2 Å². The number of hydrogen-bond donors (Lipinski definition) is 0. The van der Waals surface area contributed by atoms with E-state index in [0.717, 1.165) is 25.7 Å². The maximum Gasteiger partial charge on any atom is 0.319 e. The van der Waals surface area contributed by atoms with Crippen LogP contribution in [0.15, 0.2) is 0 Å². The van der Waals surface area contributed by atoms with Gasteiger partial charge in [0.15, 0.2) is 0 Å². The van der Waals surface area contributed by atoms with Crippen LogP contribution in [0.1, 0.15) is 53.4 Å². The molecule has 0 aromatic heterocycles. The standard InChI is InChI=1S/C12H25Cl2O3P/c1-5-11(13,6-2)9-16-18(15)17-10-12(14,7-3)8-4/h18H,5-10H2,1-4H3. The van der Waals surface area contributed by atoms with Crippen molar-refractivity contribution in [1.82, 2.24) is 0 Å². The molecule has 0 aliphatic carbocycles. The summed E-state index contributed by atoms with van der Waals surface area (Å²) in [5, 5.41) is 0. The average Bonchev–Trinajstić information content (AvgIpc) is 2.42. The minimum Gasteiger partial charge on any atom is -0.309 e. The summed E-state index contributed by atoms with van der Waals surface area (Å²) in [6.07, 6.45) is 3.07. The van der Waals surface area contributed by atoms with Crippen molar-refractivity contribution in [2.75, 3.05) is 13.2 Å². The maximum absolute atomic E-state index is 11.6. The highest BCUT2D eigenvalue weighted by Gasteiger charge is 2.26. The van der Waals surface area contributed by atoms with Crippen molar-refractivity contribution in [3.05, 3.63) is 0 Å². The first kappa shape index (κ1) is 18.7. The van der Waals surface area contributed by atoms with Crippen molar-refractivity contribution < 1.29 is 13.6 Å². The summed E-state index contributed by atoms with van der Waals surface area (Å²) in [6.45, 7) is 8.41. The van der Waals surface area contributed by atoms with E-state index in [1.54, 1.807) is 0 Å². The molecule has 3 nitrogen and oxygen atoms in total. The Hall–Kier alpha value is 0.730. The molecule has 0 heterocycles. The molecule has 0 aliphatic rings. The Morgan fingerprint density at radius 2 is 1.11 bits per heavy atom. The predicted molar refractivity (Wildman–Crippen MR) is 79.2 cm³/mol. The fraction of sp³-hybridized carbons (Fsp3) is 1.00. The second-order valence-corrected chi connectivity index (χ2v) is 7.22. The Bertz CT molecular complexity index is 230. The van der Waals surface area contributed by atoms with Gasteiger partial charge in [-0.2, -0.15) is 0 Å². The van der Waals surface area contributed by atoms with Gasteiger partial charge in [0, 0.05) is 0 Å². The molecule has 0 fully saturated rings. The van der Waals surface area contributed by atoms with E-state index in [9.17, 15) is 4.57 Å². The van der Waals surface area contributed by atoms with Gasteiger partial charge >= 0.3 is 8.25 Å². The van der Waals surface area contributed by atoms with Crippen molar-refractivity contribution in [1.29, 1.82) is 0 Å². The van der Waals surface area contributed by atoms with E-state index in [-0.39, 0.29) is 13.2 Å². The normalized spacial score (nSPS) is 13.3. The molecule has 0 amide bonds. The third kappa shape index (κ3) is 6.77. The fourth-order valence-electron chi connectivity index (χ4n) is 1.33. The van der Waals surface area contributed by atoms with Gasteiger partial charge in [0.05, 0.1) is 23.0 Å². The van der Waals surface area contributed by atoms with Crippen LogP contribution in [0, 0.1) is 0 Å². The van der Waals surface area contributed by atoms with E-state index in [0.29, 0.717) is 0 Å². The molecule has 0 N–H and O–H groups in total. The summed E-state index contributed by atoms with van der Waals surface area (Å²) >= 11 is 12.5. The summed E-state index contributed by atoms with van der Waals surface area (Å²) in [5.41, 5.74) is 0. The van der Waals surface area contributed by atoms with Gasteiger partial charge in [-0.3, -0.25) is 4.57 Å². The first-order valence-electron chi connectivity index (χ1n) is 6.52. The lowest BCUT2D eigenvalue weighted by molar-refractivity contribution is 0.185. The van der Waals surface area contributed by atoms with E-state index in [1.165, 1.54) is 0 Å². The second-order valence-electron chi connectivity index (χ2n) is 4.54. The van der Waals surface area contributed by atoms with Gasteiger partial charge < -0.3 is 9.05 Å². The van der Waals surface area contributed by atoms with Crippen LogP contribution < -0.4 is 0 Å². The zero-order chi connectivity index (χ0) is 14.2. The summed E-state index contributed by atoms with van der Waals surface area (Å²) in [6, 6.07) is 0. The van der Waals surface area contributed by atoms with E-state index in [4.69, 9.17) is 32.2 Å². The lowest BCUT2D eigenvalue weighted by Gasteiger charge is -2.25. The van der Waals surface area contributed by atoms with E-state index < -0.39 is 18.0 Å². The Balaban J connectivity index is 4.06. The van der Waals surface area contributed by atoms with Crippen molar-refractivity contribution in [3.63, 3.8) is 0 Å². The largest absolute Gasteiger partial charge is 0.319 e. The van der Waals surface area contributed by atoms with Gasteiger partial charge in [-0.05, 0) is 25.7 Å². The second kappa shape index (κ2) is 8.81. The van der Waals surface area contributed by atoms with Crippen LogP contribution >= 0.6 is 31.5 Å². The third-order valence-corrected chi connectivity index (χ3v) is 5.48. The zero-order valence-electron chi connectivity index (χ0n) is 11.7. The molecule has 6 heteroatoms. The van der Waals surface area contributed by atoms with Crippen LogP contribution in [0.25, 0.3) is 0 Å². The highest BCUT2D eigenvalue weighted by atomic mass is 35.5. The zero-order valence-corrected chi connectivity index (χ0v) is 14.2. The summed E-state index contributed by atoms with van der Waals surface area (Å²) in [4.78, 5) is -0.894. The van der Waals surface area contributed by atoms with Crippen LogP contribution in [0.4, 0.5) is 0 Å². The van der Waals surface area contributed by atoms with Crippen LogP contribution in [-0.4, -0.2) is 23.0 Å². The van der Waals surface area contributed by atoms with Crippen LogP contribution in [-0.2, 0) is 13.6 Å². The number of rotatable bonds is 10. The Kier molecular flexibility index (Phi) is 9.17. The molecular formula is C12H25Cl2O3P. The van der Waals surface area contributed by atoms with Crippen molar-refractivity contribution in [3.8, 4) is 0 Å². The molecular weight excluding hydrogens is 294 g/mol. The molecule has 0 bridgehead atoms. The molecule has 0 rings (SSSR count). The topological polar surface area (TPSA) is 35.5 Å². The lowest BCUT2D eigenvalue weighted by Crippen LogP contribution is -2.26. The summed E-state index contributed by atoms with van der Waals surface area (Å²) in [5.74, 6) is 0. The molecule has 0 aromatic rings.